The van der Waals surface area contributed by atoms with Crippen LogP contribution in [0.4, 0.5) is 5.82 Å². The number of hydrogen-bond acceptors (Lipinski definition) is 6. The van der Waals surface area contributed by atoms with Crippen LogP contribution < -0.4 is 10.7 Å². The Hall–Kier alpha value is -2.90. The third kappa shape index (κ3) is 4.27. The van der Waals surface area contributed by atoms with E-state index in [4.69, 9.17) is 32.4 Å². The first kappa shape index (κ1) is 18.9. The molecule has 0 saturated carbocycles. The minimum absolute atomic E-state index is 0.0752. The number of ether oxygens (including phenoxy) is 1. The fraction of sp³-hybridized carbons (Fsp3) is 0.111. The molecule has 0 bridgehead atoms. The molecule has 0 aliphatic carbocycles. The van der Waals surface area contributed by atoms with Gasteiger partial charge >= 0.3 is 5.97 Å². The number of benzene rings is 1. The minimum atomic E-state index is -1.19. The highest BCUT2D eigenvalue weighted by Gasteiger charge is 2.22. The van der Waals surface area contributed by atoms with E-state index in [1.807, 2.05) is 0 Å². The number of halogens is 2. The molecule has 2 heterocycles. The number of rotatable bonds is 4. The highest BCUT2D eigenvalue weighted by atomic mass is 35.5. The molecule has 0 aliphatic heterocycles. The Morgan fingerprint density at radius 2 is 1.96 bits per heavy atom. The van der Waals surface area contributed by atoms with Gasteiger partial charge in [-0.1, -0.05) is 35.3 Å². The minimum Gasteiger partial charge on any atom is -0.449 e. The SMILES string of the molecule is CC(OC(=O)c1cc(=O)c2ccccc2o1)C(=O)Nc1ncc(Cl)cc1Cl. The quantitative estimate of drug-likeness (QED) is 0.663. The lowest BCUT2D eigenvalue weighted by Gasteiger charge is -2.13. The molecule has 3 aromatic rings. The maximum absolute atomic E-state index is 12.2. The molecule has 138 valence electrons. The lowest BCUT2D eigenvalue weighted by molar-refractivity contribution is -0.123. The Morgan fingerprint density at radius 3 is 2.70 bits per heavy atom. The summed E-state index contributed by atoms with van der Waals surface area (Å²) in [6.07, 6.45) is 0.117. The maximum atomic E-state index is 12.2. The Labute approximate surface area is 162 Å². The van der Waals surface area contributed by atoms with Crippen molar-refractivity contribution in [3.05, 3.63) is 68.6 Å². The second-order valence-corrected chi connectivity index (χ2v) is 6.34. The summed E-state index contributed by atoms with van der Waals surface area (Å²) in [5.74, 6) is -1.84. The van der Waals surface area contributed by atoms with Gasteiger partial charge < -0.3 is 14.5 Å². The van der Waals surface area contributed by atoms with Crippen LogP contribution in [0.25, 0.3) is 11.0 Å². The number of aromatic nitrogens is 1. The van der Waals surface area contributed by atoms with E-state index in [-0.39, 0.29) is 22.2 Å². The van der Waals surface area contributed by atoms with Gasteiger partial charge in [0.1, 0.15) is 5.58 Å². The van der Waals surface area contributed by atoms with Crippen molar-refractivity contribution < 1.29 is 18.7 Å². The second-order valence-electron chi connectivity index (χ2n) is 5.49. The molecular weight excluding hydrogens is 395 g/mol. The smallest absolute Gasteiger partial charge is 0.375 e. The predicted molar refractivity (Wildman–Crippen MR) is 100 cm³/mol. The number of nitrogens with zero attached hydrogens (tertiary/aromatic N) is 1. The average Bonchev–Trinajstić information content (AvgIpc) is 2.63. The largest absolute Gasteiger partial charge is 0.449 e. The van der Waals surface area contributed by atoms with Gasteiger partial charge in [-0.2, -0.15) is 0 Å². The molecule has 1 atom stereocenters. The molecule has 3 rings (SSSR count). The average molecular weight is 407 g/mol. The summed E-state index contributed by atoms with van der Waals surface area (Å²) < 4.78 is 10.4. The van der Waals surface area contributed by atoms with E-state index < -0.39 is 23.4 Å². The van der Waals surface area contributed by atoms with E-state index in [9.17, 15) is 14.4 Å². The van der Waals surface area contributed by atoms with Gasteiger partial charge in [0.15, 0.2) is 17.4 Å². The van der Waals surface area contributed by atoms with Crippen molar-refractivity contribution in [3.63, 3.8) is 0 Å². The maximum Gasteiger partial charge on any atom is 0.375 e. The second kappa shape index (κ2) is 7.77. The zero-order valence-electron chi connectivity index (χ0n) is 13.9. The normalized spacial score (nSPS) is 11.8. The zero-order valence-corrected chi connectivity index (χ0v) is 15.4. The van der Waals surface area contributed by atoms with Gasteiger partial charge in [-0.05, 0) is 25.1 Å². The Morgan fingerprint density at radius 1 is 1.22 bits per heavy atom. The van der Waals surface area contributed by atoms with Crippen molar-refractivity contribution in [1.82, 2.24) is 4.98 Å². The Kier molecular flexibility index (Phi) is 5.43. The molecule has 0 radical (unpaired) electrons. The molecule has 9 heteroatoms. The van der Waals surface area contributed by atoms with Crippen LogP contribution in [0.5, 0.6) is 0 Å². The molecule has 0 fully saturated rings. The molecule has 27 heavy (non-hydrogen) atoms. The summed E-state index contributed by atoms with van der Waals surface area (Å²) in [6, 6.07) is 8.91. The molecule has 1 N–H and O–H groups in total. The fourth-order valence-corrected chi connectivity index (χ4v) is 2.63. The number of amides is 1. The van der Waals surface area contributed by atoms with Gasteiger partial charge in [0.05, 0.1) is 15.4 Å². The predicted octanol–water partition coefficient (Wildman–Crippen LogP) is 3.68. The van der Waals surface area contributed by atoms with Crippen LogP contribution in [0, 0.1) is 0 Å². The number of nitrogens with one attached hydrogen (secondary N) is 1. The van der Waals surface area contributed by atoms with Crippen LogP contribution in [0.2, 0.25) is 10.0 Å². The lowest BCUT2D eigenvalue weighted by atomic mass is 10.2. The molecule has 2 aromatic heterocycles. The Balaban J connectivity index is 1.73. The van der Waals surface area contributed by atoms with E-state index in [1.54, 1.807) is 24.3 Å². The van der Waals surface area contributed by atoms with Gasteiger partial charge in [0.25, 0.3) is 5.91 Å². The van der Waals surface area contributed by atoms with Crippen LogP contribution in [0.3, 0.4) is 0 Å². The van der Waals surface area contributed by atoms with E-state index in [1.165, 1.54) is 19.2 Å². The van der Waals surface area contributed by atoms with E-state index in [0.29, 0.717) is 10.4 Å². The van der Waals surface area contributed by atoms with Crippen LogP contribution in [0.15, 0.2) is 51.8 Å². The first-order chi connectivity index (χ1) is 12.8. The summed E-state index contributed by atoms with van der Waals surface area (Å²) in [5.41, 5.74) is -0.149. The van der Waals surface area contributed by atoms with Crippen molar-refractivity contribution in [2.75, 3.05) is 5.32 Å². The summed E-state index contributed by atoms with van der Waals surface area (Å²) in [6.45, 7) is 1.36. The van der Waals surface area contributed by atoms with Crippen LogP contribution in [0.1, 0.15) is 17.5 Å². The van der Waals surface area contributed by atoms with Crippen molar-refractivity contribution in [3.8, 4) is 0 Å². The summed E-state index contributed by atoms with van der Waals surface area (Å²) in [5, 5.41) is 3.20. The van der Waals surface area contributed by atoms with E-state index in [0.717, 1.165) is 6.07 Å². The highest BCUT2D eigenvalue weighted by Crippen LogP contribution is 2.22. The van der Waals surface area contributed by atoms with Gasteiger partial charge in [0.2, 0.25) is 5.76 Å². The van der Waals surface area contributed by atoms with Gasteiger partial charge in [-0.3, -0.25) is 9.59 Å². The topological polar surface area (TPSA) is 98.5 Å². The zero-order chi connectivity index (χ0) is 19.6. The molecule has 0 spiro atoms. The third-order valence-electron chi connectivity index (χ3n) is 3.54. The summed E-state index contributed by atoms with van der Waals surface area (Å²) in [7, 11) is 0. The number of carbonyl (C=O) groups is 2. The number of fused-ring (bicyclic) bond motifs is 1. The van der Waals surface area contributed by atoms with Gasteiger partial charge in [-0.15, -0.1) is 0 Å². The molecule has 1 unspecified atom stereocenters. The first-order valence-electron chi connectivity index (χ1n) is 7.71. The van der Waals surface area contributed by atoms with Crippen molar-refractivity contribution >= 4 is 51.9 Å². The van der Waals surface area contributed by atoms with E-state index in [2.05, 4.69) is 10.3 Å². The molecular formula is C18H12Cl2N2O5. The summed E-state index contributed by atoms with van der Waals surface area (Å²) >= 11 is 11.7. The van der Waals surface area contributed by atoms with Crippen molar-refractivity contribution in [1.29, 1.82) is 0 Å². The fourth-order valence-electron chi connectivity index (χ4n) is 2.20. The molecule has 0 aliphatic rings. The standard InChI is InChI=1S/C18H12Cl2N2O5/c1-9(17(24)22-16-12(20)6-10(19)8-21-16)26-18(25)15-7-13(23)11-4-2-3-5-14(11)27-15/h2-9H,1H3,(H,21,22,24). The molecule has 0 saturated heterocycles. The van der Waals surface area contributed by atoms with Crippen LogP contribution in [-0.4, -0.2) is 23.0 Å². The third-order valence-corrected chi connectivity index (χ3v) is 4.03. The van der Waals surface area contributed by atoms with Crippen LogP contribution in [-0.2, 0) is 9.53 Å². The lowest BCUT2D eigenvalue weighted by Crippen LogP contribution is -2.30. The number of pyridine rings is 1. The van der Waals surface area contributed by atoms with Gasteiger partial charge in [0, 0.05) is 12.3 Å². The van der Waals surface area contributed by atoms with Crippen molar-refractivity contribution in [2.45, 2.75) is 13.0 Å². The van der Waals surface area contributed by atoms with Crippen LogP contribution >= 0.6 is 23.2 Å². The highest BCUT2D eigenvalue weighted by molar-refractivity contribution is 6.36. The number of esters is 1. The summed E-state index contributed by atoms with van der Waals surface area (Å²) in [4.78, 5) is 40.3. The van der Waals surface area contributed by atoms with Crippen molar-refractivity contribution in [2.24, 2.45) is 0 Å². The van der Waals surface area contributed by atoms with E-state index >= 15 is 0 Å². The molecule has 7 nitrogen and oxygen atoms in total. The number of anilines is 1. The number of carbonyl (C=O) groups excluding carboxylic acids is 2. The molecule has 1 aromatic carbocycles. The first-order valence-corrected chi connectivity index (χ1v) is 8.46. The number of hydrogen-bond donors (Lipinski definition) is 1. The monoisotopic (exact) mass is 406 g/mol. The Bertz CT molecular complexity index is 1100. The number of para-hydroxylation sites is 1. The van der Waals surface area contributed by atoms with Gasteiger partial charge in [-0.25, -0.2) is 9.78 Å². The molecule has 1 amide bonds.